The molecule has 0 aliphatic heterocycles. The number of sulfone groups is 1. The first-order chi connectivity index (χ1) is 13.8. The Kier molecular flexibility index (Phi) is 6.64. The van der Waals surface area contributed by atoms with Crippen LogP contribution in [0.25, 0.3) is 0 Å². The fraction of sp³-hybridized carbons (Fsp3) is 0.381. The molecular weight excluding hydrogens is 390 g/mol. The Labute approximate surface area is 171 Å². The molecule has 1 aliphatic carbocycles. The molecule has 0 saturated heterocycles. The highest BCUT2D eigenvalue weighted by Crippen LogP contribution is 2.34. The van der Waals surface area contributed by atoms with Crippen molar-refractivity contribution in [1.29, 1.82) is 0 Å². The van der Waals surface area contributed by atoms with Gasteiger partial charge in [0.2, 0.25) is 0 Å². The maximum absolute atomic E-state index is 12.7. The quantitative estimate of drug-likeness (QED) is 0.742. The molecule has 0 unspecified atom stereocenters. The Morgan fingerprint density at radius 3 is 2.59 bits per heavy atom. The first kappa shape index (κ1) is 21.0. The number of aromatic nitrogens is 2. The molecule has 0 spiro atoms. The number of nitrogens with one attached hydrogen (secondary N) is 1. The molecule has 1 atom stereocenters. The van der Waals surface area contributed by atoms with E-state index in [-0.39, 0.29) is 11.6 Å². The fourth-order valence-corrected chi connectivity index (χ4v) is 3.74. The Morgan fingerprint density at radius 1 is 1.24 bits per heavy atom. The number of carbonyl (C=O) groups excluding carboxylic acids is 1. The first-order valence-electron chi connectivity index (χ1n) is 9.61. The molecule has 0 bridgehead atoms. The highest BCUT2D eigenvalue weighted by Gasteiger charge is 2.24. The summed E-state index contributed by atoms with van der Waals surface area (Å²) in [6.07, 6.45) is 8.57. The van der Waals surface area contributed by atoms with E-state index in [2.05, 4.69) is 15.3 Å². The molecule has 1 aromatic heterocycles. The number of nitrogens with zero attached hydrogens (tertiary/aromatic N) is 2. The third-order valence-electron chi connectivity index (χ3n) is 4.68. The van der Waals surface area contributed by atoms with Gasteiger partial charge in [-0.15, -0.1) is 0 Å². The highest BCUT2D eigenvalue weighted by atomic mass is 32.2. The summed E-state index contributed by atoms with van der Waals surface area (Å²) in [6, 6.07) is 8.60. The molecule has 1 fully saturated rings. The predicted molar refractivity (Wildman–Crippen MR) is 111 cm³/mol. The van der Waals surface area contributed by atoms with Gasteiger partial charge in [-0.25, -0.2) is 18.4 Å². The first-order valence-corrected chi connectivity index (χ1v) is 11.6. The highest BCUT2D eigenvalue weighted by molar-refractivity contribution is 7.93. The molecule has 0 radical (unpaired) electrons. The standard InChI is InChI=1S/C21H25N3O4S/c1-15(12-13-29(2,26)27)23-20(25)19-21(28-17-10-4-3-5-11-17)24-18(14-22-19)16-8-6-7-9-16/h3-5,10-16H,6-9H2,1-2H3,(H,23,25)/b13-12+/t15-/m0/s1. The van der Waals surface area contributed by atoms with Crippen molar-refractivity contribution in [1.82, 2.24) is 15.3 Å². The Balaban J connectivity index is 1.85. The van der Waals surface area contributed by atoms with Crippen molar-refractivity contribution < 1.29 is 17.9 Å². The van der Waals surface area contributed by atoms with Crippen molar-refractivity contribution in [2.24, 2.45) is 0 Å². The number of ether oxygens (including phenoxy) is 1. The van der Waals surface area contributed by atoms with Crippen LogP contribution >= 0.6 is 0 Å². The zero-order valence-electron chi connectivity index (χ0n) is 16.5. The largest absolute Gasteiger partial charge is 0.437 e. The predicted octanol–water partition coefficient (Wildman–Crippen LogP) is 3.60. The topological polar surface area (TPSA) is 98.2 Å². The zero-order chi connectivity index (χ0) is 20.9. The van der Waals surface area contributed by atoms with Crippen LogP contribution in [0.5, 0.6) is 11.6 Å². The van der Waals surface area contributed by atoms with Gasteiger partial charge in [0, 0.05) is 29.8 Å². The molecule has 1 amide bonds. The molecular formula is C21H25N3O4S. The second-order valence-corrected chi connectivity index (χ2v) is 9.20. The van der Waals surface area contributed by atoms with Crippen LogP contribution in [0.2, 0.25) is 0 Å². The number of para-hydroxylation sites is 1. The molecule has 154 valence electrons. The molecule has 1 saturated carbocycles. The van der Waals surface area contributed by atoms with Crippen LogP contribution in [-0.4, -0.2) is 36.6 Å². The van der Waals surface area contributed by atoms with Gasteiger partial charge in [0.25, 0.3) is 11.8 Å². The second kappa shape index (κ2) is 9.17. The van der Waals surface area contributed by atoms with Gasteiger partial charge in [-0.2, -0.15) is 0 Å². The van der Waals surface area contributed by atoms with Gasteiger partial charge in [0.15, 0.2) is 15.5 Å². The summed E-state index contributed by atoms with van der Waals surface area (Å²) in [5.41, 5.74) is 0.894. The number of hydrogen-bond donors (Lipinski definition) is 1. The Bertz CT molecular complexity index is 984. The fourth-order valence-electron chi connectivity index (χ4n) is 3.21. The summed E-state index contributed by atoms with van der Waals surface area (Å²) in [5.74, 6) is 0.559. The summed E-state index contributed by atoms with van der Waals surface area (Å²) in [7, 11) is -3.27. The van der Waals surface area contributed by atoms with Crippen LogP contribution in [-0.2, 0) is 9.84 Å². The lowest BCUT2D eigenvalue weighted by atomic mass is 10.0. The summed E-state index contributed by atoms with van der Waals surface area (Å²) in [4.78, 5) is 21.7. The van der Waals surface area contributed by atoms with Crippen molar-refractivity contribution >= 4 is 15.7 Å². The van der Waals surface area contributed by atoms with Crippen LogP contribution < -0.4 is 10.1 Å². The van der Waals surface area contributed by atoms with E-state index in [1.165, 1.54) is 6.08 Å². The van der Waals surface area contributed by atoms with Crippen molar-refractivity contribution in [3.8, 4) is 11.6 Å². The van der Waals surface area contributed by atoms with E-state index in [1.54, 1.807) is 25.3 Å². The number of amides is 1. The van der Waals surface area contributed by atoms with Gasteiger partial charge in [0.1, 0.15) is 5.75 Å². The van der Waals surface area contributed by atoms with Crippen molar-refractivity contribution in [3.05, 3.63) is 59.4 Å². The third kappa shape index (κ3) is 6.12. The van der Waals surface area contributed by atoms with E-state index in [0.29, 0.717) is 11.7 Å². The van der Waals surface area contributed by atoms with Crippen LogP contribution in [0.15, 0.2) is 48.0 Å². The van der Waals surface area contributed by atoms with Gasteiger partial charge in [-0.05, 0) is 31.9 Å². The van der Waals surface area contributed by atoms with Crippen LogP contribution in [0.1, 0.15) is 54.7 Å². The van der Waals surface area contributed by atoms with E-state index in [9.17, 15) is 13.2 Å². The minimum Gasteiger partial charge on any atom is -0.437 e. The van der Waals surface area contributed by atoms with E-state index < -0.39 is 21.8 Å². The smallest absolute Gasteiger partial charge is 0.275 e. The molecule has 1 aliphatic rings. The van der Waals surface area contributed by atoms with Crippen molar-refractivity contribution in [3.63, 3.8) is 0 Å². The maximum atomic E-state index is 12.7. The monoisotopic (exact) mass is 415 g/mol. The Morgan fingerprint density at radius 2 is 1.93 bits per heavy atom. The molecule has 2 aromatic rings. The van der Waals surface area contributed by atoms with Crippen molar-refractivity contribution in [2.45, 2.75) is 44.6 Å². The molecule has 8 heteroatoms. The van der Waals surface area contributed by atoms with Crippen LogP contribution in [0.4, 0.5) is 0 Å². The van der Waals surface area contributed by atoms with Gasteiger partial charge >= 0.3 is 0 Å². The SMILES string of the molecule is C[C@@H](/C=C/S(C)(=O)=O)NC(=O)c1ncc(C2CCCC2)nc1Oc1ccccc1. The second-order valence-electron chi connectivity index (χ2n) is 7.27. The van der Waals surface area contributed by atoms with Crippen LogP contribution in [0, 0.1) is 0 Å². The molecule has 3 rings (SSSR count). The van der Waals surface area contributed by atoms with Gasteiger partial charge in [0.05, 0.1) is 5.69 Å². The maximum Gasteiger partial charge on any atom is 0.275 e. The average molecular weight is 416 g/mol. The summed E-state index contributed by atoms with van der Waals surface area (Å²) in [5, 5.41) is 3.77. The molecule has 29 heavy (non-hydrogen) atoms. The zero-order valence-corrected chi connectivity index (χ0v) is 17.4. The number of hydrogen-bond acceptors (Lipinski definition) is 6. The third-order valence-corrected chi connectivity index (χ3v) is 5.33. The van der Waals surface area contributed by atoms with E-state index in [4.69, 9.17) is 4.74 Å². The molecule has 1 aromatic carbocycles. The minimum absolute atomic E-state index is 0.0650. The number of benzene rings is 1. The molecule has 1 N–H and O–H groups in total. The lowest BCUT2D eigenvalue weighted by Gasteiger charge is -2.15. The lowest BCUT2D eigenvalue weighted by molar-refractivity contribution is 0.0938. The van der Waals surface area contributed by atoms with E-state index in [1.807, 2.05) is 18.2 Å². The van der Waals surface area contributed by atoms with E-state index >= 15 is 0 Å². The minimum atomic E-state index is -3.27. The summed E-state index contributed by atoms with van der Waals surface area (Å²) < 4.78 is 28.4. The van der Waals surface area contributed by atoms with E-state index in [0.717, 1.165) is 43.0 Å². The Hall–Kier alpha value is -2.74. The molecule has 1 heterocycles. The van der Waals surface area contributed by atoms with Gasteiger partial charge in [-0.3, -0.25) is 4.79 Å². The summed E-state index contributed by atoms with van der Waals surface area (Å²) >= 11 is 0. The molecule has 7 nitrogen and oxygen atoms in total. The van der Waals surface area contributed by atoms with Crippen molar-refractivity contribution in [2.75, 3.05) is 6.26 Å². The lowest BCUT2D eigenvalue weighted by Crippen LogP contribution is -2.32. The normalized spacial score (nSPS) is 16.1. The van der Waals surface area contributed by atoms with Crippen LogP contribution in [0.3, 0.4) is 0 Å². The number of rotatable bonds is 7. The summed E-state index contributed by atoms with van der Waals surface area (Å²) in [6.45, 7) is 1.68. The van der Waals surface area contributed by atoms with Gasteiger partial charge in [-0.1, -0.05) is 37.1 Å². The average Bonchev–Trinajstić information content (AvgIpc) is 3.21. The van der Waals surface area contributed by atoms with Gasteiger partial charge < -0.3 is 10.1 Å². The number of carbonyl (C=O) groups is 1.